The van der Waals surface area contributed by atoms with Crippen molar-refractivity contribution in [2.24, 2.45) is 4.99 Å². The highest BCUT2D eigenvalue weighted by Gasteiger charge is 2.26. The molecule has 1 fully saturated rings. The van der Waals surface area contributed by atoms with Crippen LogP contribution in [0, 0.1) is 0 Å². The molecule has 2 heterocycles. The van der Waals surface area contributed by atoms with Crippen molar-refractivity contribution in [3.8, 4) is 0 Å². The number of hydrogen-bond acceptors (Lipinski definition) is 4. The molecule has 26 heavy (non-hydrogen) atoms. The minimum absolute atomic E-state index is 0.577. The van der Waals surface area contributed by atoms with Crippen molar-refractivity contribution >= 4 is 5.96 Å². The minimum atomic E-state index is 0.577. The zero-order valence-corrected chi connectivity index (χ0v) is 15.4. The summed E-state index contributed by atoms with van der Waals surface area (Å²) in [6, 6.07) is 10.7. The summed E-state index contributed by atoms with van der Waals surface area (Å²) in [5, 5.41) is 7.48. The molecule has 0 bridgehead atoms. The van der Waals surface area contributed by atoms with Crippen LogP contribution in [-0.2, 0) is 13.0 Å². The molecule has 2 aromatic rings. The fourth-order valence-corrected chi connectivity index (χ4v) is 3.81. The zero-order chi connectivity index (χ0) is 17.8. The van der Waals surface area contributed by atoms with E-state index in [1.165, 1.54) is 11.1 Å². The van der Waals surface area contributed by atoms with Gasteiger partial charge in [-0.3, -0.25) is 9.89 Å². The molecule has 1 aliphatic carbocycles. The number of nitrogens with one attached hydrogen (secondary N) is 1. The van der Waals surface area contributed by atoms with Crippen LogP contribution in [0.15, 0.2) is 46.1 Å². The summed E-state index contributed by atoms with van der Waals surface area (Å²) in [5.74, 6) is 1.63. The largest absolute Gasteiger partial charge is 0.364 e. The maximum absolute atomic E-state index is 4.94. The van der Waals surface area contributed by atoms with E-state index in [9.17, 15) is 0 Å². The van der Waals surface area contributed by atoms with Gasteiger partial charge in [-0.1, -0.05) is 29.4 Å². The minimum Gasteiger partial charge on any atom is -0.364 e. The molecule has 1 unspecified atom stereocenters. The lowest BCUT2D eigenvalue weighted by Crippen LogP contribution is -2.52. The molecule has 6 heteroatoms. The van der Waals surface area contributed by atoms with Crippen molar-refractivity contribution in [2.45, 2.75) is 25.8 Å². The third-order valence-electron chi connectivity index (χ3n) is 5.31. The van der Waals surface area contributed by atoms with Crippen molar-refractivity contribution in [3.63, 3.8) is 0 Å². The summed E-state index contributed by atoms with van der Waals surface area (Å²) in [7, 11) is 0. The number of guanidine groups is 1. The van der Waals surface area contributed by atoms with Gasteiger partial charge >= 0.3 is 0 Å². The quantitative estimate of drug-likeness (QED) is 0.659. The third kappa shape index (κ3) is 3.75. The van der Waals surface area contributed by atoms with Crippen molar-refractivity contribution in [1.29, 1.82) is 0 Å². The second-order valence-corrected chi connectivity index (χ2v) is 7.05. The Morgan fingerprint density at radius 1 is 1.23 bits per heavy atom. The van der Waals surface area contributed by atoms with Gasteiger partial charge in [-0.05, 0) is 24.5 Å². The van der Waals surface area contributed by atoms with Crippen LogP contribution in [0.4, 0.5) is 0 Å². The number of fused-ring (bicyclic) bond motifs is 1. The Morgan fingerprint density at radius 3 is 2.81 bits per heavy atom. The van der Waals surface area contributed by atoms with E-state index in [2.05, 4.69) is 51.5 Å². The van der Waals surface area contributed by atoms with E-state index < -0.39 is 0 Å². The molecule has 1 atom stereocenters. The second-order valence-electron chi connectivity index (χ2n) is 7.05. The molecule has 1 N–H and O–H groups in total. The van der Waals surface area contributed by atoms with E-state index in [1.807, 2.05) is 6.07 Å². The lowest BCUT2D eigenvalue weighted by molar-refractivity contribution is 0.169. The van der Waals surface area contributed by atoms with E-state index in [4.69, 9.17) is 9.52 Å². The fraction of sp³-hybridized carbons (Fsp3) is 0.500. The van der Waals surface area contributed by atoms with Gasteiger partial charge in [0, 0.05) is 57.8 Å². The first-order chi connectivity index (χ1) is 12.8. The molecule has 0 amide bonds. The highest BCUT2D eigenvalue weighted by molar-refractivity contribution is 5.80. The van der Waals surface area contributed by atoms with Crippen LogP contribution in [0.1, 0.15) is 29.7 Å². The van der Waals surface area contributed by atoms with Gasteiger partial charge in [-0.25, -0.2) is 0 Å². The van der Waals surface area contributed by atoms with Crippen LogP contribution < -0.4 is 5.32 Å². The molecule has 0 radical (unpaired) electrons. The van der Waals surface area contributed by atoms with Gasteiger partial charge in [-0.2, -0.15) is 0 Å². The van der Waals surface area contributed by atoms with Gasteiger partial charge < -0.3 is 14.7 Å². The Labute approximate surface area is 154 Å². The van der Waals surface area contributed by atoms with Gasteiger partial charge in [0.2, 0.25) is 0 Å². The number of nitrogens with zero attached hydrogens (tertiary/aromatic N) is 4. The molecular weight excluding hydrogens is 326 g/mol. The molecule has 0 spiro atoms. The highest BCUT2D eigenvalue weighted by atomic mass is 16.5. The molecule has 0 saturated carbocycles. The molecule has 138 valence electrons. The van der Waals surface area contributed by atoms with Crippen LogP contribution in [0.2, 0.25) is 0 Å². The van der Waals surface area contributed by atoms with E-state index in [0.717, 1.165) is 63.9 Å². The number of piperazine rings is 1. The maximum Gasteiger partial charge on any atom is 0.194 e. The first-order valence-electron chi connectivity index (χ1n) is 9.56. The Hall–Kier alpha value is -2.34. The molecule has 4 rings (SSSR count). The highest BCUT2D eigenvalue weighted by Crippen LogP contribution is 2.34. The maximum atomic E-state index is 4.94. The molecule has 1 aromatic heterocycles. The monoisotopic (exact) mass is 353 g/mol. The van der Waals surface area contributed by atoms with E-state index >= 15 is 0 Å². The standard InChI is InChI=1S/C20H27N5O/c1-2-21-20(22-14-17-13-16-5-3-4-6-19(16)17)25-10-8-24(9-11-25)15-18-7-12-26-23-18/h3-7,12,17H,2,8-11,13-15H2,1H3,(H,21,22). The Balaban J connectivity index is 1.32. The smallest absolute Gasteiger partial charge is 0.194 e. The Morgan fingerprint density at radius 2 is 2.08 bits per heavy atom. The zero-order valence-electron chi connectivity index (χ0n) is 15.4. The van der Waals surface area contributed by atoms with Crippen molar-refractivity contribution < 1.29 is 4.52 Å². The first-order valence-corrected chi connectivity index (χ1v) is 9.56. The molecule has 1 saturated heterocycles. The summed E-state index contributed by atoms with van der Waals surface area (Å²) in [5.41, 5.74) is 3.96. The molecular formula is C20H27N5O. The summed E-state index contributed by atoms with van der Waals surface area (Å²) < 4.78 is 4.93. The fourth-order valence-electron chi connectivity index (χ4n) is 3.81. The average Bonchev–Trinajstić information content (AvgIpc) is 3.15. The lowest BCUT2D eigenvalue weighted by atomic mass is 9.78. The van der Waals surface area contributed by atoms with E-state index in [1.54, 1.807) is 6.26 Å². The molecule has 1 aromatic carbocycles. The van der Waals surface area contributed by atoms with Crippen LogP contribution in [0.25, 0.3) is 0 Å². The summed E-state index contributed by atoms with van der Waals surface area (Å²) in [6.45, 7) is 8.78. The van der Waals surface area contributed by atoms with Crippen LogP contribution in [0.5, 0.6) is 0 Å². The summed E-state index contributed by atoms with van der Waals surface area (Å²) >= 11 is 0. The van der Waals surface area contributed by atoms with Crippen LogP contribution in [0.3, 0.4) is 0 Å². The van der Waals surface area contributed by atoms with Crippen LogP contribution in [-0.4, -0.2) is 60.2 Å². The van der Waals surface area contributed by atoms with E-state index in [0.29, 0.717) is 5.92 Å². The Kier molecular flexibility index (Phi) is 5.20. The second kappa shape index (κ2) is 7.91. The molecule has 6 nitrogen and oxygen atoms in total. The SMILES string of the molecule is CCNC(=NCC1Cc2ccccc21)N1CCN(Cc2ccon2)CC1. The number of aromatic nitrogens is 1. The van der Waals surface area contributed by atoms with Crippen molar-refractivity contribution in [3.05, 3.63) is 53.4 Å². The summed E-state index contributed by atoms with van der Waals surface area (Å²) in [4.78, 5) is 9.74. The summed E-state index contributed by atoms with van der Waals surface area (Å²) in [6.07, 6.45) is 2.80. The van der Waals surface area contributed by atoms with Gasteiger partial charge in [0.15, 0.2) is 5.96 Å². The average molecular weight is 353 g/mol. The lowest BCUT2D eigenvalue weighted by Gasteiger charge is -2.36. The predicted octanol–water partition coefficient (Wildman–Crippen LogP) is 2.10. The number of aliphatic imine (C=N–C) groups is 1. The van der Waals surface area contributed by atoms with Crippen molar-refractivity contribution in [2.75, 3.05) is 39.3 Å². The normalized spacial score (nSPS) is 20.6. The van der Waals surface area contributed by atoms with E-state index in [-0.39, 0.29) is 0 Å². The number of benzene rings is 1. The number of hydrogen-bond donors (Lipinski definition) is 1. The Bertz CT molecular complexity index is 734. The number of rotatable bonds is 5. The third-order valence-corrected chi connectivity index (χ3v) is 5.31. The molecule has 2 aliphatic rings. The van der Waals surface area contributed by atoms with Crippen LogP contribution >= 0.6 is 0 Å². The van der Waals surface area contributed by atoms with Gasteiger partial charge in [0.25, 0.3) is 0 Å². The predicted molar refractivity (Wildman–Crippen MR) is 102 cm³/mol. The first kappa shape index (κ1) is 17.1. The van der Waals surface area contributed by atoms with Gasteiger partial charge in [0.05, 0.1) is 5.69 Å². The van der Waals surface area contributed by atoms with Crippen molar-refractivity contribution in [1.82, 2.24) is 20.3 Å². The van der Waals surface area contributed by atoms with Gasteiger partial charge in [-0.15, -0.1) is 0 Å². The topological polar surface area (TPSA) is 56.9 Å². The van der Waals surface area contributed by atoms with Gasteiger partial charge in [0.1, 0.15) is 6.26 Å². The molecule has 1 aliphatic heterocycles.